The van der Waals surface area contributed by atoms with E-state index in [-0.39, 0.29) is 103 Å². The Bertz CT molecular complexity index is 3640. The van der Waals surface area contributed by atoms with Gasteiger partial charge in [-0.05, 0) is 104 Å². The van der Waals surface area contributed by atoms with Crippen molar-refractivity contribution < 1.29 is 64.8 Å². The number of thiophene rings is 2. The topological polar surface area (TPSA) is 299 Å². The molecule has 4 aromatic carbocycles. The number of carbonyl (C=O) groups excluding carboxylic acids is 2. The minimum absolute atomic E-state index is 0. The quantitative estimate of drug-likeness (QED) is 0.0727. The van der Waals surface area contributed by atoms with Crippen LogP contribution in [-0.2, 0) is 20.0 Å². The molecule has 0 bridgehead atoms. The van der Waals surface area contributed by atoms with Crippen LogP contribution in [0.3, 0.4) is 0 Å². The van der Waals surface area contributed by atoms with E-state index in [0.29, 0.717) is 0 Å². The standard InChI is InChI=1S/2C20H15ClFN5O5S2.C3H7N.Na/c2*1-23-15-9-14-12(8-13(15)22)18(28)27(20(30)25-14)11-4-2-10(3-5-11)24-19(29)26-34(31,32)17-7-6-16(21)33-17;1-3-4-2;/h2-9H,1H3,(H4,23,24,25,26,28,29,30);2-9,23H,1H3,(H,25,30)(H2,24,26,29);3H,1-2H3;/q;;;+1/p-1. The normalized spacial score (nSPS) is 11.1. The van der Waals surface area contributed by atoms with Crippen LogP contribution in [0.1, 0.15) is 6.92 Å². The minimum atomic E-state index is -4.23. The van der Waals surface area contributed by atoms with Gasteiger partial charge in [-0.2, -0.15) is 0 Å². The fraction of sp³-hybridized carbons (Fsp3) is 0.0930. The Morgan fingerprint density at radius 3 is 1.47 bits per heavy atom. The van der Waals surface area contributed by atoms with Gasteiger partial charge in [0.15, 0.2) is 6.03 Å². The number of urea groups is 2. The predicted octanol–water partition coefficient (Wildman–Crippen LogP) is 4.67. The first-order valence-corrected chi connectivity index (χ1v) is 25.4. The number of amides is 4. The molecule has 4 amide bonds. The van der Waals surface area contributed by atoms with Crippen LogP contribution in [0.2, 0.25) is 8.67 Å². The fourth-order valence-corrected chi connectivity index (χ4v) is 10.9. The summed E-state index contributed by atoms with van der Waals surface area (Å²) in [5, 5.41) is 9.83. The number of hydrogen-bond donors (Lipinski definition) is 7. The van der Waals surface area contributed by atoms with Gasteiger partial charge >= 0.3 is 47.0 Å². The molecule has 4 heterocycles. The molecule has 0 fully saturated rings. The number of sulfonamides is 2. The Morgan fingerprint density at radius 1 is 0.671 bits per heavy atom. The molecule has 0 aliphatic carbocycles. The molecule has 30 heteroatoms. The molecule has 8 aromatic rings. The molecule has 0 spiro atoms. The molecule has 0 saturated carbocycles. The van der Waals surface area contributed by atoms with Gasteiger partial charge in [0.25, 0.3) is 21.1 Å². The number of fused-ring (bicyclic) bond motifs is 2. The average Bonchev–Trinajstić information content (AvgIpc) is 3.99. The second-order valence-electron chi connectivity index (χ2n) is 14.2. The van der Waals surface area contributed by atoms with Gasteiger partial charge in [0.1, 0.15) is 20.1 Å². The van der Waals surface area contributed by atoms with Crippen molar-refractivity contribution in [2.45, 2.75) is 15.3 Å². The molecule has 376 valence electrons. The van der Waals surface area contributed by atoms with E-state index in [2.05, 4.69) is 40.9 Å². The van der Waals surface area contributed by atoms with Gasteiger partial charge in [-0.1, -0.05) is 35.3 Å². The molecule has 0 aliphatic heterocycles. The maximum Gasteiger partial charge on any atom is 1.00 e. The third kappa shape index (κ3) is 13.7. The number of halogens is 4. The van der Waals surface area contributed by atoms with E-state index in [1.165, 1.54) is 99.0 Å². The molecule has 73 heavy (non-hydrogen) atoms. The number of aromatic nitrogens is 4. The Morgan fingerprint density at radius 2 is 1.08 bits per heavy atom. The largest absolute Gasteiger partial charge is 1.00 e. The van der Waals surface area contributed by atoms with Crippen molar-refractivity contribution in [2.24, 2.45) is 4.99 Å². The van der Waals surface area contributed by atoms with Gasteiger partial charge in [0.2, 0.25) is 10.0 Å². The van der Waals surface area contributed by atoms with E-state index in [1.807, 2.05) is 11.6 Å². The van der Waals surface area contributed by atoms with Crippen molar-refractivity contribution in [1.29, 1.82) is 0 Å². The number of aliphatic imine (C=N–C) groups is 1. The number of nitrogens with one attached hydrogen (secondary N) is 7. The number of anilines is 4. The summed E-state index contributed by atoms with van der Waals surface area (Å²) in [5.41, 5.74) is -1.76. The van der Waals surface area contributed by atoms with Crippen molar-refractivity contribution in [3.8, 4) is 11.4 Å². The minimum Gasteiger partial charge on any atom is -0.424 e. The second kappa shape index (κ2) is 24.4. The monoisotopic (exact) mass is 1130 g/mol. The number of carbonyl (C=O) groups is 2. The summed E-state index contributed by atoms with van der Waals surface area (Å²) in [6, 6.07) is 18.6. The molecule has 7 N–H and O–H groups in total. The molecule has 21 nitrogen and oxygen atoms in total. The molecule has 0 aliphatic rings. The van der Waals surface area contributed by atoms with E-state index in [0.717, 1.165) is 43.9 Å². The molecule has 0 unspecified atom stereocenters. The van der Waals surface area contributed by atoms with Gasteiger partial charge in [0, 0.05) is 26.8 Å². The predicted molar refractivity (Wildman–Crippen MR) is 277 cm³/mol. The van der Waals surface area contributed by atoms with Crippen molar-refractivity contribution in [3.63, 3.8) is 0 Å². The summed E-state index contributed by atoms with van der Waals surface area (Å²) in [6.45, 7) is 1.89. The van der Waals surface area contributed by atoms with Crippen LogP contribution in [0.5, 0.6) is 0 Å². The maximum absolute atomic E-state index is 14.1. The molecule has 0 saturated heterocycles. The first kappa shape index (κ1) is 57.2. The molecular weight excluding hydrogens is 1090 g/mol. The van der Waals surface area contributed by atoms with Gasteiger partial charge in [-0.15, -0.1) is 22.7 Å². The van der Waals surface area contributed by atoms with Gasteiger partial charge in [-0.25, -0.2) is 53.9 Å². The Labute approximate surface area is 451 Å². The van der Waals surface area contributed by atoms with Crippen LogP contribution in [0.4, 0.5) is 41.1 Å². The summed E-state index contributed by atoms with van der Waals surface area (Å²) in [4.78, 5) is 83.6. The summed E-state index contributed by atoms with van der Waals surface area (Å²) < 4.78 is 83.8. The van der Waals surface area contributed by atoms with Crippen LogP contribution >= 0.6 is 45.9 Å². The van der Waals surface area contributed by atoms with E-state index < -0.39 is 66.2 Å². The van der Waals surface area contributed by atoms with E-state index in [1.54, 1.807) is 13.3 Å². The summed E-state index contributed by atoms with van der Waals surface area (Å²) in [5.74, 6) is -1.32. The van der Waals surface area contributed by atoms with Crippen molar-refractivity contribution in [2.75, 3.05) is 42.4 Å². The Hall–Kier alpha value is -6.69. The number of nitrogens with zero attached hydrogens (tertiary/aromatic N) is 4. The first-order chi connectivity index (χ1) is 34.1. The number of hydrogen-bond acceptors (Lipinski definition) is 15. The smallest absolute Gasteiger partial charge is 0.424 e. The fourth-order valence-electron chi connectivity index (χ4n) is 6.22. The van der Waals surface area contributed by atoms with E-state index in [4.69, 9.17) is 23.2 Å². The van der Waals surface area contributed by atoms with E-state index >= 15 is 0 Å². The summed E-state index contributed by atoms with van der Waals surface area (Å²) in [6.07, 6.45) is 1.75. The van der Waals surface area contributed by atoms with Crippen molar-refractivity contribution in [1.82, 2.24) is 23.8 Å². The number of benzene rings is 4. The number of rotatable bonds is 10. The summed E-state index contributed by atoms with van der Waals surface area (Å²) >= 11 is 13.0. The van der Waals surface area contributed by atoms with Crippen LogP contribution < -0.4 is 78.0 Å². The zero-order valence-electron chi connectivity index (χ0n) is 38.3. The third-order valence-electron chi connectivity index (χ3n) is 9.57. The SMILES string of the molecule is CC=NC.CNc1cc2[nH]c(=O)n(-c3ccc(NC(=O)NS(=O)(=O)c4ccc(Cl)s4)cc3)c(=O)c2cc1F.CNc1cc2[nH]c(=O)n(-c3ccc(NC(=O)[N-]S(=O)(=O)c4ccc(Cl)s4)cc3)c(=O)c2cc1F.[Na+]. The Balaban J connectivity index is 0.000000249. The van der Waals surface area contributed by atoms with Crippen molar-refractivity contribution >= 4 is 129 Å². The molecule has 4 aromatic heterocycles. The van der Waals surface area contributed by atoms with Gasteiger partial charge in [0.05, 0.1) is 53.2 Å². The first-order valence-electron chi connectivity index (χ1n) is 20.1. The number of aromatic amines is 2. The zero-order chi connectivity index (χ0) is 52.7. The second-order valence-corrected chi connectivity index (χ2v) is 21.4. The van der Waals surface area contributed by atoms with Gasteiger partial charge in [-0.3, -0.25) is 14.4 Å². The number of H-pyrrole nitrogens is 2. The Kier molecular flexibility index (Phi) is 19.1. The van der Waals surface area contributed by atoms with Gasteiger partial charge < -0.3 is 40.9 Å². The van der Waals surface area contributed by atoms with Crippen LogP contribution in [0, 0.1) is 11.6 Å². The molecule has 8 rings (SSSR count). The molecule has 0 atom stereocenters. The van der Waals surface area contributed by atoms with Crippen LogP contribution in [0.25, 0.3) is 37.9 Å². The zero-order valence-corrected chi connectivity index (χ0v) is 45.1. The van der Waals surface area contributed by atoms with Crippen LogP contribution in [0.15, 0.2) is 130 Å². The van der Waals surface area contributed by atoms with Crippen LogP contribution in [-0.4, -0.2) is 75.4 Å². The maximum atomic E-state index is 14.1. The van der Waals surface area contributed by atoms with Crippen molar-refractivity contribution in [3.05, 3.63) is 164 Å². The average molecular weight is 1130 g/mol. The molecule has 0 radical (unpaired) electrons. The molecular formula is C43H36Cl2F2N11NaO10S4. The summed E-state index contributed by atoms with van der Waals surface area (Å²) in [7, 11) is -3.57. The van der Waals surface area contributed by atoms with E-state index in [9.17, 15) is 54.4 Å². The third-order valence-corrected chi connectivity index (χ3v) is 15.6.